The van der Waals surface area contributed by atoms with E-state index in [0.717, 1.165) is 0 Å². The second-order valence-electron chi connectivity index (χ2n) is 1.05. The lowest BCUT2D eigenvalue weighted by Crippen LogP contribution is -2.04. The van der Waals surface area contributed by atoms with Gasteiger partial charge in [-0.3, -0.25) is 0 Å². The molecule has 0 aromatic rings. The average molecular weight is 149 g/mol. The molecule has 0 bridgehead atoms. The Kier molecular flexibility index (Phi) is 2.84. The molecule has 0 aliphatic heterocycles. The first-order chi connectivity index (χ1) is 3.06. The molecule has 0 aliphatic rings. The molecule has 44 valence electrons. The van der Waals surface area contributed by atoms with Gasteiger partial charge in [-0.2, -0.15) is 8.78 Å². The Bertz CT molecular complexity index is 49.4. The average Bonchev–Trinajstić information content (AvgIpc) is 1.30. The highest BCUT2D eigenvalue weighted by Crippen LogP contribution is 2.22. The van der Waals surface area contributed by atoms with E-state index in [9.17, 15) is 8.78 Å². The fraction of sp³-hybridized carbons (Fsp3) is 1.00. The summed E-state index contributed by atoms with van der Waals surface area (Å²) in [6, 6.07) is 0. The number of halogens is 4. The molecule has 7 heavy (non-hydrogen) atoms. The van der Waals surface area contributed by atoms with Crippen LogP contribution in [0.1, 0.15) is 6.42 Å². The molecule has 0 atom stereocenters. The predicted molar refractivity (Wildman–Crippen MR) is 26.1 cm³/mol. The summed E-state index contributed by atoms with van der Waals surface area (Å²) in [5.74, 6) is -0.101. The Morgan fingerprint density at radius 1 is 1.43 bits per heavy atom. The second-order valence-corrected chi connectivity index (χ2v) is 1.99. The highest BCUT2D eigenvalue weighted by molar-refractivity contribution is 6.23. The quantitative estimate of drug-likeness (QED) is 0.529. The Morgan fingerprint density at radius 2 is 1.86 bits per heavy atom. The van der Waals surface area contributed by atoms with Gasteiger partial charge in [-0.25, -0.2) is 0 Å². The summed E-state index contributed by atoms with van der Waals surface area (Å²) in [6.45, 7) is 0. The highest BCUT2D eigenvalue weighted by Gasteiger charge is 2.22. The molecule has 0 aromatic carbocycles. The molecule has 0 fully saturated rings. The van der Waals surface area contributed by atoms with Crippen molar-refractivity contribution in [1.82, 2.24) is 0 Å². The van der Waals surface area contributed by atoms with Crippen LogP contribution in [0, 0.1) is 0 Å². The van der Waals surface area contributed by atoms with Crippen LogP contribution in [0.2, 0.25) is 0 Å². The fourth-order valence-electron chi connectivity index (χ4n) is 0.107. The molecule has 0 unspecified atom stereocenters. The summed E-state index contributed by atoms with van der Waals surface area (Å²) in [4.78, 5) is 0. The Hall–Kier alpha value is 0.440. The van der Waals surface area contributed by atoms with Gasteiger partial charge in [0.05, 0.1) is 0 Å². The van der Waals surface area contributed by atoms with E-state index in [0.29, 0.717) is 0 Å². The lowest BCUT2D eigenvalue weighted by Gasteiger charge is -2.01. The van der Waals surface area contributed by atoms with E-state index in [1.807, 2.05) is 0 Å². The summed E-state index contributed by atoms with van der Waals surface area (Å²) in [6.07, 6.45) is -0.462. The van der Waals surface area contributed by atoms with Gasteiger partial charge in [-0.1, -0.05) is 0 Å². The van der Waals surface area contributed by atoms with Crippen LogP contribution in [0.15, 0.2) is 0 Å². The maximum atomic E-state index is 11.4. The first kappa shape index (κ1) is 7.44. The summed E-state index contributed by atoms with van der Waals surface area (Å²) in [5, 5.41) is -3.11. The molecule has 4 heteroatoms. The van der Waals surface area contributed by atoms with Crippen LogP contribution in [0.5, 0.6) is 0 Å². The van der Waals surface area contributed by atoms with E-state index in [1.54, 1.807) is 0 Å². The maximum Gasteiger partial charge on any atom is 0.322 e. The molecule has 0 heterocycles. The lowest BCUT2D eigenvalue weighted by molar-refractivity contribution is 0.0931. The van der Waals surface area contributed by atoms with Gasteiger partial charge in [0, 0.05) is 12.3 Å². The van der Waals surface area contributed by atoms with Gasteiger partial charge in [-0.15, -0.1) is 11.6 Å². The monoisotopic (exact) mass is 148 g/mol. The summed E-state index contributed by atoms with van der Waals surface area (Å²) >= 11 is 9.34. The summed E-state index contributed by atoms with van der Waals surface area (Å²) in [7, 11) is 0. The predicted octanol–water partition coefficient (Wildman–Crippen LogP) is 2.45. The zero-order valence-corrected chi connectivity index (χ0v) is 4.94. The van der Waals surface area contributed by atoms with E-state index in [-0.39, 0.29) is 5.88 Å². The molecule has 0 radical (unpaired) electrons. The molecule has 0 nitrogen and oxygen atoms in total. The molecule has 0 saturated carbocycles. The second kappa shape index (κ2) is 2.68. The smallest absolute Gasteiger partial charge is 0.188 e. The van der Waals surface area contributed by atoms with Crippen molar-refractivity contribution in [2.45, 2.75) is 11.8 Å². The molecule has 0 N–H and O–H groups in total. The standard InChI is InChI=1S/C3H4Cl2F2/c4-2-1-3(5,6)7/h1-2H2. The topological polar surface area (TPSA) is 0 Å². The minimum Gasteiger partial charge on any atom is -0.188 e. The lowest BCUT2D eigenvalue weighted by atomic mass is 10.5. The first-order valence-electron chi connectivity index (χ1n) is 1.69. The van der Waals surface area contributed by atoms with Crippen LogP contribution in [0.25, 0.3) is 0 Å². The van der Waals surface area contributed by atoms with E-state index >= 15 is 0 Å². The maximum absolute atomic E-state index is 11.4. The number of rotatable bonds is 2. The molecule has 0 aliphatic carbocycles. The van der Waals surface area contributed by atoms with Gasteiger partial charge < -0.3 is 0 Å². The van der Waals surface area contributed by atoms with Crippen molar-refractivity contribution < 1.29 is 8.78 Å². The van der Waals surface area contributed by atoms with Crippen molar-refractivity contribution in [2.75, 3.05) is 5.88 Å². The summed E-state index contributed by atoms with van der Waals surface area (Å²) in [5.41, 5.74) is 0. The zero-order valence-electron chi connectivity index (χ0n) is 3.43. The normalized spacial score (nSPS) is 12.0. The van der Waals surface area contributed by atoms with Crippen molar-refractivity contribution >= 4 is 23.2 Å². The van der Waals surface area contributed by atoms with Crippen molar-refractivity contribution in [2.24, 2.45) is 0 Å². The third kappa shape index (κ3) is 6.44. The zero-order chi connectivity index (χ0) is 5.91. The molecule has 0 aromatic heterocycles. The van der Waals surface area contributed by atoms with Crippen LogP contribution in [0.3, 0.4) is 0 Å². The molecule has 0 rings (SSSR count). The van der Waals surface area contributed by atoms with Crippen LogP contribution in [-0.4, -0.2) is 11.3 Å². The molecule has 0 spiro atoms. The molecular weight excluding hydrogens is 145 g/mol. The Balaban J connectivity index is 3.15. The third-order valence-corrected chi connectivity index (χ3v) is 0.756. The van der Waals surface area contributed by atoms with E-state index in [2.05, 4.69) is 11.6 Å². The van der Waals surface area contributed by atoms with Gasteiger partial charge in [-0.05, 0) is 11.6 Å². The van der Waals surface area contributed by atoms with Crippen molar-refractivity contribution in [3.05, 3.63) is 0 Å². The Labute approximate surface area is 50.4 Å². The van der Waals surface area contributed by atoms with Gasteiger partial charge >= 0.3 is 5.38 Å². The minimum absolute atomic E-state index is 0.101. The van der Waals surface area contributed by atoms with Crippen LogP contribution in [-0.2, 0) is 0 Å². The van der Waals surface area contributed by atoms with E-state index < -0.39 is 11.8 Å². The molecule has 0 saturated heterocycles. The van der Waals surface area contributed by atoms with Crippen molar-refractivity contribution in [1.29, 1.82) is 0 Å². The third-order valence-electron chi connectivity index (χ3n) is 0.378. The Morgan fingerprint density at radius 3 is 1.86 bits per heavy atom. The SMILES string of the molecule is FC(F)(Cl)CCCl. The number of hydrogen-bond acceptors (Lipinski definition) is 0. The van der Waals surface area contributed by atoms with Gasteiger partial charge in [0.25, 0.3) is 0 Å². The van der Waals surface area contributed by atoms with Crippen molar-refractivity contribution in [3.63, 3.8) is 0 Å². The van der Waals surface area contributed by atoms with Gasteiger partial charge in [0.2, 0.25) is 0 Å². The largest absolute Gasteiger partial charge is 0.322 e. The van der Waals surface area contributed by atoms with Crippen LogP contribution in [0.4, 0.5) is 8.78 Å². The van der Waals surface area contributed by atoms with Crippen LogP contribution >= 0.6 is 23.2 Å². The highest BCUT2D eigenvalue weighted by atomic mass is 35.5. The van der Waals surface area contributed by atoms with Gasteiger partial charge in [0.1, 0.15) is 0 Å². The summed E-state index contributed by atoms with van der Waals surface area (Å²) < 4.78 is 22.8. The van der Waals surface area contributed by atoms with E-state index in [4.69, 9.17) is 11.6 Å². The van der Waals surface area contributed by atoms with Crippen LogP contribution < -0.4 is 0 Å². The number of alkyl halides is 4. The first-order valence-corrected chi connectivity index (χ1v) is 2.60. The molecule has 0 amide bonds. The molecular formula is C3H4Cl2F2. The number of hydrogen-bond donors (Lipinski definition) is 0. The van der Waals surface area contributed by atoms with E-state index in [1.165, 1.54) is 0 Å². The van der Waals surface area contributed by atoms with Crippen molar-refractivity contribution in [3.8, 4) is 0 Å². The minimum atomic E-state index is -3.11. The fourth-order valence-corrected chi connectivity index (χ4v) is 0.536. The van der Waals surface area contributed by atoms with Gasteiger partial charge in [0.15, 0.2) is 0 Å².